The van der Waals surface area contributed by atoms with Crippen LogP contribution in [0.5, 0.6) is 0 Å². The molecule has 0 unspecified atom stereocenters. The minimum Gasteiger partial charge on any atom is -0.310 e. The first-order valence-electron chi connectivity index (χ1n) is 31.2. The van der Waals surface area contributed by atoms with E-state index in [9.17, 15) is 5.26 Å². The molecule has 19 aromatic rings. The molecule has 13 aromatic carbocycles. The van der Waals surface area contributed by atoms with Crippen LogP contribution in [0, 0.1) is 11.3 Å². The average Bonchev–Trinajstić information content (AvgIpc) is 1.41. The topological polar surface area (TPSA) is 64.6 Å². The van der Waals surface area contributed by atoms with Crippen molar-refractivity contribution in [1.29, 1.82) is 5.26 Å². The van der Waals surface area contributed by atoms with Crippen LogP contribution in [0.4, 0.5) is 17.1 Å². The second-order valence-corrected chi connectivity index (χ2v) is 23.7. The average molecular weight is 1170 g/mol. The van der Waals surface area contributed by atoms with E-state index in [0.29, 0.717) is 11.3 Å². The summed E-state index contributed by atoms with van der Waals surface area (Å²) < 4.78 is 12.8. The molecule has 92 heavy (non-hydrogen) atoms. The molecule has 0 spiro atoms. The molecule has 0 saturated heterocycles. The first kappa shape index (κ1) is 51.4. The van der Waals surface area contributed by atoms with Gasteiger partial charge in [-0.2, -0.15) is 5.26 Å². The van der Waals surface area contributed by atoms with Gasteiger partial charge in [-0.3, -0.25) is 4.98 Å². The SMILES string of the molecule is N#Cc1ccc(-c2c(-n3c4ccccc4c4ccccc43)c(-n3c4ccccc4c4ccccc43)c(-n3c4ccccc4c4cc(N(c5ccccc5)c5ccccc5)ccc43)c(-n3c4ccccc4c4ccccc43)c2-n2c3ccccc3c3ccccc32)nc1. The molecule has 8 heteroatoms. The summed E-state index contributed by atoms with van der Waals surface area (Å²) in [5.41, 5.74) is 20.1. The van der Waals surface area contributed by atoms with Gasteiger partial charge < -0.3 is 27.7 Å². The molecule has 19 rings (SSSR count). The number of fused-ring (bicyclic) bond motifs is 15. The van der Waals surface area contributed by atoms with E-state index in [2.05, 4.69) is 337 Å². The molecule has 0 saturated carbocycles. The Morgan fingerprint density at radius 3 is 0.826 bits per heavy atom. The van der Waals surface area contributed by atoms with Crippen molar-refractivity contribution in [2.75, 3.05) is 4.90 Å². The predicted molar refractivity (Wildman–Crippen MR) is 381 cm³/mol. The standard InChI is InChI=1S/C84H52N8/c85-52-54-47-49-68(86-53-54)79-80(88-69-38-16-7-29-58(69)59-30-8-17-39-70(59)88)82(90-73-42-20-11-33-62(73)63-34-12-21-43-74(63)90)84(92-77-46-24-15-37-66(77)67-51-57(48-50-78(67)92)87(55-25-3-1-4-26-55)56-27-5-2-6-28-56)83(91-75-44-22-13-35-64(75)65-36-14-23-45-76(65)91)81(79)89-71-40-18-9-31-60(71)61-32-10-19-41-72(61)89/h1-51,53H. The third-order valence-corrected chi connectivity index (χ3v) is 18.9. The van der Waals surface area contributed by atoms with E-state index in [1.807, 2.05) is 6.07 Å². The van der Waals surface area contributed by atoms with Crippen molar-refractivity contribution in [1.82, 2.24) is 27.8 Å². The van der Waals surface area contributed by atoms with E-state index in [4.69, 9.17) is 4.98 Å². The van der Waals surface area contributed by atoms with Gasteiger partial charge in [-0.05, 0) is 109 Å². The van der Waals surface area contributed by atoms with Crippen LogP contribution in [0.3, 0.4) is 0 Å². The van der Waals surface area contributed by atoms with Gasteiger partial charge in [0.05, 0.1) is 100 Å². The van der Waals surface area contributed by atoms with E-state index in [1.165, 1.54) is 0 Å². The van der Waals surface area contributed by atoms with Gasteiger partial charge in [-0.1, -0.05) is 200 Å². The van der Waals surface area contributed by atoms with Crippen LogP contribution < -0.4 is 4.90 Å². The lowest BCUT2D eigenvalue weighted by Crippen LogP contribution is -2.18. The molecule has 0 atom stereocenters. The Hall–Kier alpha value is -12.7. The molecule has 0 aliphatic carbocycles. The lowest BCUT2D eigenvalue weighted by atomic mass is 9.97. The van der Waals surface area contributed by atoms with Gasteiger partial charge in [-0.25, -0.2) is 0 Å². The van der Waals surface area contributed by atoms with Crippen LogP contribution >= 0.6 is 0 Å². The molecular weight excluding hydrogens is 1120 g/mol. The lowest BCUT2D eigenvalue weighted by Gasteiger charge is -2.31. The van der Waals surface area contributed by atoms with Crippen molar-refractivity contribution in [2.24, 2.45) is 0 Å². The number of rotatable bonds is 9. The molecule has 0 N–H and O–H groups in total. The molecule has 8 nitrogen and oxygen atoms in total. The zero-order valence-electron chi connectivity index (χ0n) is 49.6. The number of hydrogen-bond acceptors (Lipinski definition) is 3. The summed E-state index contributed by atoms with van der Waals surface area (Å²) in [5, 5.41) is 21.8. The Bertz CT molecular complexity index is 5760. The molecule has 0 aliphatic rings. The maximum absolute atomic E-state index is 10.7. The minimum absolute atomic E-state index is 0.468. The molecule has 0 bridgehead atoms. The summed E-state index contributed by atoms with van der Waals surface area (Å²) in [7, 11) is 0. The zero-order chi connectivity index (χ0) is 60.5. The number of pyridine rings is 1. The second-order valence-electron chi connectivity index (χ2n) is 23.7. The highest BCUT2D eigenvalue weighted by Gasteiger charge is 2.37. The highest BCUT2D eigenvalue weighted by Crippen LogP contribution is 2.54. The monoisotopic (exact) mass is 1170 g/mol. The lowest BCUT2D eigenvalue weighted by molar-refractivity contribution is 0.999. The van der Waals surface area contributed by atoms with E-state index in [0.717, 1.165) is 160 Å². The Kier molecular flexibility index (Phi) is 11.3. The molecule has 6 heterocycles. The maximum atomic E-state index is 10.7. The number of nitrogens with zero attached hydrogens (tertiary/aromatic N) is 8. The van der Waals surface area contributed by atoms with Crippen LogP contribution in [0.1, 0.15) is 5.56 Å². The second kappa shape index (κ2) is 20.2. The van der Waals surface area contributed by atoms with Gasteiger partial charge in [0, 0.05) is 77.1 Å². The Labute approximate surface area is 528 Å². The van der Waals surface area contributed by atoms with Gasteiger partial charge in [0.25, 0.3) is 0 Å². The van der Waals surface area contributed by atoms with Gasteiger partial charge in [0.15, 0.2) is 0 Å². The van der Waals surface area contributed by atoms with Crippen molar-refractivity contribution >= 4 is 126 Å². The number of benzene rings is 13. The third kappa shape index (κ3) is 7.36. The molecule has 6 aromatic heterocycles. The largest absolute Gasteiger partial charge is 0.310 e. The van der Waals surface area contributed by atoms with Gasteiger partial charge in [-0.15, -0.1) is 0 Å². The maximum Gasteiger partial charge on any atom is 0.101 e. The van der Waals surface area contributed by atoms with Crippen LogP contribution in [-0.2, 0) is 0 Å². The summed E-state index contributed by atoms with van der Waals surface area (Å²) in [6, 6.07) is 115. The van der Waals surface area contributed by atoms with Crippen LogP contribution in [0.15, 0.2) is 316 Å². The van der Waals surface area contributed by atoms with E-state index >= 15 is 0 Å². The fourth-order valence-corrected chi connectivity index (χ4v) is 15.2. The fourth-order valence-electron chi connectivity index (χ4n) is 15.2. The summed E-state index contributed by atoms with van der Waals surface area (Å²) in [5.74, 6) is 0. The van der Waals surface area contributed by atoms with Crippen LogP contribution in [0.2, 0.25) is 0 Å². The molecule has 0 amide bonds. The number of hydrogen-bond donors (Lipinski definition) is 0. The van der Waals surface area contributed by atoms with Crippen molar-refractivity contribution in [3.63, 3.8) is 0 Å². The van der Waals surface area contributed by atoms with Crippen LogP contribution in [-0.4, -0.2) is 27.8 Å². The predicted octanol–water partition coefficient (Wildman–Crippen LogP) is 21.6. The van der Waals surface area contributed by atoms with Gasteiger partial charge in [0.1, 0.15) is 6.07 Å². The summed E-state index contributed by atoms with van der Waals surface area (Å²) in [6.07, 6.45) is 1.74. The Morgan fingerprint density at radius 1 is 0.250 bits per heavy atom. The smallest absolute Gasteiger partial charge is 0.101 e. The van der Waals surface area contributed by atoms with Crippen molar-refractivity contribution < 1.29 is 0 Å². The van der Waals surface area contributed by atoms with Crippen molar-refractivity contribution in [3.05, 3.63) is 321 Å². The van der Waals surface area contributed by atoms with Crippen molar-refractivity contribution in [2.45, 2.75) is 0 Å². The molecule has 0 radical (unpaired) electrons. The molecule has 0 aliphatic heterocycles. The Balaban J connectivity index is 1.15. The van der Waals surface area contributed by atoms with E-state index in [-0.39, 0.29) is 0 Å². The van der Waals surface area contributed by atoms with E-state index < -0.39 is 0 Å². The summed E-state index contributed by atoms with van der Waals surface area (Å²) >= 11 is 0. The Morgan fingerprint density at radius 2 is 0.522 bits per heavy atom. The van der Waals surface area contributed by atoms with Crippen molar-refractivity contribution in [3.8, 4) is 45.8 Å². The quantitative estimate of drug-likeness (QED) is 0.145. The number of para-hydroxylation sites is 11. The van der Waals surface area contributed by atoms with Gasteiger partial charge >= 0.3 is 0 Å². The fraction of sp³-hybridized carbons (Fsp3) is 0. The minimum atomic E-state index is 0.468. The van der Waals surface area contributed by atoms with Gasteiger partial charge in [0.2, 0.25) is 0 Å². The molecule has 0 fully saturated rings. The number of aromatic nitrogens is 6. The first-order chi connectivity index (χ1) is 45.7. The zero-order valence-corrected chi connectivity index (χ0v) is 49.6. The highest BCUT2D eigenvalue weighted by molar-refractivity contribution is 6.19. The highest BCUT2D eigenvalue weighted by atomic mass is 15.2. The van der Waals surface area contributed by atoms with E-state index in [1.54, 1.807) is 6.20 Å². The number of anilines is 3. The normalized spacial score (nSPS) is 11.9. The van der Waals surface area contributed by atoms with Crippen LogP contribution in [0.25, 0.3) is 149 Å². The molecule has 428 valence electrons. The first-order valence-corrected chi connectivity index (χ1v) is 31.2. The summed E-state index contributed by atoms with van der Waals surface area (Å²) in [6.45, 7) is 0. The number of nitriles is 1. The summed E-state index contributed by atoms with van der Waals surface area (Å²) in [4.78, 5) is 7.92. The molecular formula is C84H52N8. The third-order valence-electron chi connectivity index (χ3n) is 18.9.